The summed E-state index contributed by atoms with van der Waals surface area (Å²) >= 11 is 15.2. The minimum Gasteiger partial charge on any atom is -0.282 e. The molecule has 0 aliphatic rings. The summed E-state index contributed by atoms with van der Waals surface area (Å²) in [6, 6.07) is 3.17. The summed E-state index contributed by atoms with van der Waals surface area (Å²) in [6.07, 6.45) is 0. The molecule has 1 aromatic rings. The average molecular weight is 221 g/mol. The van der Waals surface area contributed by atoms with Crippen molar-refractivity contribution >= 4 is 40.9 Å². The van der Waals surface area contributed by atoms with Crippen LogP contribution in [0.3, 0.4) is 0 Å². The van der Waals surface area contributed by atoms with Crippen LogP contribution in [0.5, 0.6) is 0 Å². The van der Waals surface area contributed by atoms with Gasteiger partial charge in [0.15, 0.2) is 0 Å². The Kier molecular flexibility index (Phi) is 3.04. The monoisotopic (exact) mass is 220 g/mol. The molecule has 0 spiro atoms. The minimum atomic E-state index is -0.347. The number of carbonyl (C=O) groups is 1. The Balaban J connectivity index is 3.33. The Labute approximate surface area is 86.1 Å². The predicted octanol–water partition coefficient (Wildman–Crippen LogP) is 3.37. The van der Waals surface area contributed by atoms with Crippen LogP contribution in [0.15, 0.2) is 12.1 Å². The summed E-state index contributed by atoms with van der Waals surface area (Å²) in [5, 5.41) is 0.545. The fourth-order valence-electron chi connectivity index (χ4n) is 0.821. The van der Waals surface area contributed by atoms with Crippen molar-refractivity contribution in [3.63, 3.8) is 0 Å². The van der Waals surface area contributed by atoms with Crippen LogP contribution >= 0.6 is 35.8 Å². The molecule has 0 aliphatic carbocycles. The number of rotatable bonds is 1. The summed E-state index contributed by atoms with van der Waals surface area (Å²) in [4.78, 5) is 10.9. The second kappa shape index (κ2) is 3.69. The molecule has 0 saturated carbocycles. The zero-order valence-electron chi connectivity index (χ0n) is 6.27. The Morgan fingerprint density at radius 3 is 2.42 bits per heavy atom. The highest BCUT2D eigenvalue weighted by molar-refractivity contribution is 7.97. The van der Waals surface area contributed by atoms with Gasteiger partial charge < -0.3 is 0 Å². The van der Waals surface area contributed by atoms with E-state index in [1.54, 1.807) is 19.1 Å². The van der Waals surface area contributed by atoms with Gasteiger partial charge in [-0.1, -0.05) is 23.2 Å². The molecule has 0 amide bonds. The van der Waals surface area contributed by atoms with E-state index in [-0.39, 0.29) is 5.12 Å². The summed E-state index contributed by atoms with van der Waals surface area (Å²) in [5.74, 6) is 0. The van der Waals surface area contributed by atoms with Crippen LogP contribution in [0.25, 0.3) is 0 Å². The molecule has 0 N–H and O–H groups in total. The van der Waals surface area contributed by atoms with Crippen LogP contribution in [0, 0.1) is 6.92 Å². The molecule has 0 atom stereocenters. The highest BCUT2D eigenvalue weighted by Crippen LogP contribution is 2.25. The van der Waals surface area contributed by atoms with Gasteiger partial charge in [0.25, 0.3) is 0 Å². The Morgan fingerprint density at radius 1 is 1.33 bits per heavy atom. The number of halogens is 2. The van der Waals surface area contributed by atoms with Crippen LogP contribution < -0.4 is 0 Å². The molecule has 0 unspecified atom stereocenters. The predicted molar refractivity (Wildman–Crippen MR) is 54.5 cm³/mol. The SMILES string of the molecule is Cc1cc(C(=O)S)c(Cl)cc1Cl. The number of hydrogen-bond donors (Lipinski definition) is 1. The first kappa shape index (κ1) is 9.90. The maximum atomic E-state index is 10.9. The van der Waals surface area contributed by atoms with E-state index < -0.39 is 0 Å². The smallest absolute Gasteiger partial charge is 0.217 e. The first-order chi connectivity index (χ1) is 5.52. The first-order valence-corrected chi connectivity index (χ1v) is 4.41. The fraction of sp³-hybridized carbons (Fsp3) is 0.125. The van der Waals surface area contributed by atoms with Gasteiger partial charge in [-0.05, 0) is 24.6 Å². The molecular weight excluding hydrogens is 215 g/mol. The van der Waals surface area contributed by atoms with Crippen LogP contribution in [0.1, 0.15) is 15.9 Å². The summed E-state index contributed by atoms with van der Waals surface area (Å²) < 4.78 is 0. The lowest BCUT2D eigenvalue weighted by Crippen LogP contribution is -1.91. The summed E-state index contributed by atoms with van der Waals surface area (Å²) in [5.41, 5.74) is 1.21. The number of aryl methyl sites for hydroxylation is 1. The highest BCUT2D eigenvalue weighted by Gasteiger charge is 2.08. The van der Waals surface area contributed by atoms with E-state index >= 15 is 0 Å². The van der Waals surface area contributed by atoms with Crippen molar-refractivity contribution in [3.05, 3.63) is 33.3 Å². The Bertz CT molecular complexity index is 336. The van der Waals surface area contributed by atoms with E-state index in [0.717, 1.165) is 5.56 Å². The van der Waals surface area contributed by atoms with Crippen LogP contribution in [0.2, 0.25) is 10.0 Å². The standard InChI is InChI=1S/C8H6Cl2OS/c1-4-2-5(8(11)12)7(10)3-6(4)9/h2-3H,1H3,(H,11,12). The summed E-state index contributed by atoms with van der Waals surface area (Å²) in [6.45, 7) is 1.80. The molecule has 1 aromatic carbocycles. The second-order valence-corrected chi connectivity index (χ2v) is 3.61. The minimum absolute atomic E-state index is 0.339. The van der Waals surface area contributed by atoms with Crippen molar-refractivity contribution < 1.29 is 4.79 Å². The van der Waals surface area contributed by atoms with Gasteiger partial charge in [0.2, 0.25) is 5.12 Å². The molecule has 0 aromatic heterocycles. The largest absolute Gasteiger partial charge is 0.282 e. The Morgan fingerprint density at radius 2 is 1.92 bits per heavy atom. The van der Waals surface area contributed by atoms with E-state index in [0.29, 0.717) is 15.6 Å². The highest BCUT2D eigenvalue weighted by atomic mass is 35.5. The molecule has 1 rings (SSSR count). The lowest BCUT2D eigenvalue weighted by molar-refractivity contribution is 0.109. The van der Waals surface area contributed by atoms with Gasteiger partial charge in [0.05, 0.1) is 5.02 Å². The van der Waals surface area contributed by atoms with Gasteiger partial charge in [0, 0.05) is 10.6 Å². The van der Waals surface area contributed by atoms with Gasteiger partial charge in [0.1, 0.15) is 0 Å². The number of carbonyl (C=O) groups excluding carboxylic acids is 1. The van der Waals surface area contributed by atoms with Gasteiger partial charge in [-0.25, -0.2) is 0 Å². The van der Waals surface area contributed by atoms with E-state index in [4.69, 9.17) is 23.2 Å². The summed E-state index contributed by atoms with van der Waals surface area (Å²) in [7, 11) is 0. The van der Waals surface area contributed by atoms with Gasteiger partial charge >= 0.3 is 0 Å². The van der Waals surface area contributed by atoms with E-state index in [9.17, 15) is 4.79 Å². The quantitative estimate of drug-likeness (QED) is 0.719. The average Bonchev–Trinajstić information content (AvgIpc) is 1.96. The maximum Gasteiger partial charge on any atom is 0.217 e. The van der Waals surface area contributed by atoms with Crippen LogP contribution in [0.4, 0.5) is 0 Å². The van der Waals surface area contributed by atoms with Gasteiger partial charge in [-0.2, -0.15) is 0 Å². The molecule has 4 heteroatoms. The van der Waals surface area contributed by atoms with E-state index in [1.807, 2.05) is 0 Å². The van der Waals surface area contributed by atoms with Crippen molar-refractivity contribution in [2.45, 2.75) is 6.92 Å². The van der Waals surface area contributed by atoms with Gasteiger partial charge in [-0.3, -0.25) is 4.79 Å². The molecule has 0 radical (unpaired) electrons. The lowest BCUT2D eigenvalue weighted by Gasteiger charge is -2.02. The van der Waals surface area contributed by atoms with Crippen molar-refractivity contribution in [2.75, 3.05) is 0 Å². The van der Waals surface area contributed by atoms with Crippen LogP contribution in [-0.4, -0.2) is 5.12 Å². The molecule has 0 bridgehead atoms. The normalized spacial score (nSPS) is 10.0. The van der Waals surface area contributed by atoms with Crippen molar-refractivity contribution in [1.82, 2.24) is 0 Å². The lowest BCUT2D eigenvalue weighted by atomic mass is 10.1. The van der Waals surface area contributed by atoms with E-state index in [1.165, 1.54) is 0 Å². The van der Waals surface area contributed by atoms with Crippen LogP contribution in [-0.2, 0) is 0 Å². The molecule has 0 heterocycles. The third-order valence-electron chi connectivity index (χ3n) is 1.48. The van der Waals surface area contributed by atoms with Crippen molar-refractivity contribution in [3.8, 4) is 0 Å². The van der Waals surface area contributed by atoms with Crippen molar-refractivity contribution in [1.29, 1.82) is 0 Å². The third kappa shape index (κ3) is 1.94. The molecule has 64 valence electrons. The molecule has 12 heavy (non-hydrogen) atoms. The Hall–Kier alpha value is -0.180. The zero-order chi connectivity index (χ0) is 9.30. The van der Waals surface area contributed by atoms with Gasteiger partial charge in [-0.15, -0.1) is 12.6 Å². The third-order valence-corrected chi connectivity index (χ3v) is 2.44. The first-order valence-electron chi connectivity index (χ1n) is 3.21. The fourth-order valence-corrected chi connectivity index (χ4v) is 1.54. The van der Waals surface area contributed by atoms with Crippen molar-refractivity contribution in [2.24, 2.45) is 0 Å². The molecular formula is C8H6Cl2OS. The molecule has 0 aliphatic heterocycles. The zero-order valence-corrected chi connectivity index (χ0v) is 8.67. The molecule has 0 fully saturated rings. The second-order valence-electron chi connectivity index (χ2n) is 2.39. The number of thiol groups is 1. The molecule has 1 nitrogen and oxygen atoms in total. The number of hydrogen-bond acceptors (Lipinski definition) is 1. The van der Waals surface area contributed by atoms with E-state index in [2.05, 4.69) is 12.6 Å². The number of benzene rings is 1. The topological polar surface area (TPSA) is 17.1 Å². The molecule has 0 saturated heterocycles. The maximum absolute atomic E-state index is 10.9.